The number of carbonyl (C=O) groups excluding carboxylic acids is 1. The van der Waals surface area contributed by atoms with Gasteiger partial charge in [0.05, 0.1) is 12.8 Å². The third-order valence-electron chi connectivity index (χ3n) is 4.03. The molecule has 1 amide bonds. The summed E-state index contributed by atoms with van der Waals surface area (Å²) < 4.78 is 10.3. The second kappa shape index (κ2) is 6.76. The van der Waals surface area contributed by atoms with E-state index in [9.17, 15) is 4.79 Å². The van der Waals surface area contributed by atoms with Gasteiger partial charge < -0.3 is 19.2 Å². The molecule has 1 N–H and O–H groups in total. The first-order chi connectivity index (χ1) is 12.3. The third-order valence-corrected chi connectivity index (χ3v) is 4.03. The molecule has 0 bridgehead atoms. The smallest absolute Gasteiger partial charge is 0.273 e. The van der Waals surface area contributed by atoms with Crippen molar-refractivity contribution in [1.82, 2.24) is 20.4 Å². The molecular formula is C17H17N5O3. The van der Waals surface area contributed by atoms with Crippen molar-refractivity contribution in [3.63, 3.8) is 0 Å². The van der Waals surface area contributed by atoms with Crippen LogP contribution in [-0.2, 0) is 6.54 Å². The van der Waals surface area contributed by atoms with Crippen molar-refractivity contribution < 1.29 is 13.7 Å². The van der Waals surface area contributed by atoms with Gasteiger partial charge in [-0.3, -0.25) is 4.79 Å². The van der Waals surface area contributed by atoms with Crippen molar-refractivity contribution in [3.8, 4) is 11.5 Å². The summed E-state index contributed by atoms with van der Waals surface area (Å²) in [4.78, 5) is 23.2. The quantitative estimate of drug-likeness (QED) is 0.761. The molecule has 1 aliphatic rings. The Balaban J connectivity index is 1.39. The Hall–Kier alpha value is -3.16. The first-order valence-corrected chi connectivity index (χ1v) is 8.15. The molecule has 0 saturated carbocycles. The summed E-state index contributed by atoms with van der Waals surface area (Å²) in [6.07, 6.45) is 5.61. The fraction of sp³-hybridized carbons (Fsp3) is 0.294. The summed E-state index contributed by atoms with van der Waals surface area (Å²) in [5.41, 5.74) is 0.182. The molecule has 25 heavy (non-hydrogen) atoms. The van der Waals surface area contributed by atoms with Crippen LogP contribution in [0.1, 0.15) is 29.2 Å². The van der Waals surface area contributed by atoms with Gasteiger partial charge in [0.15, 0.2) is 11.5 Å². The summed E-state index contributed by atoms with van der Waals surface area (Å²) in [6, 6.07) is 6.90. The lowest BCUT2D eigenvalue weighted by Crippen LogP contribution is -2.25. The topological polar surface area (TPSA) is 97.3 Å². The van der Waals surface area contributed by atoms with E-state index in [1.165, 1.54) is 25.2 Å². The SMILES string of the molecule is O=C(NCc1nccc(N2CCCC2)n1)c1cc(-c2ccco2)on1. The molecule has 0 unspecified atom stereocenters. The Bertz CT molecular complexity index is 853. The highest BCUT2D eigenvalue weighted by molar-refractivity contribution is 5.92. The molecule has 4 rings (SSSR count). The van der Waals surface area contributed by atoms with Crippen LogP contribution in [-0.4, -0.2) is 34.1 Å². The van der Waals surface area contributed by atoms with E-state index in [4.69, 9.17) is 8.94 Å². The maximum Gasteiger partial charge on any atom is 0.273 e. The molecule has 0 aliphatic carbocycles. The normalized spacial score (nSPS) is 14.0. The highest BCUT2D eigenvalue weighted by atomic mass is 16.5. The standard InChI is InChI=1S/C17H17N5O3/c23-17(12-10-14(25-21-12)13-4-3-9-24-13)19-11-15-18-6-5-16(20-15)22-7-1-2-8-22/h3-6,9-10H,1-2,7-8,11H2,(H,19,23). The number of nitrogens with one attached hydrogen (secondary N) is 1. The van der Waals surface area contributed by atoms with Crippen LogP contribution in [0, 0.1) is 0 Å². The molecule has 8 nitrogen and oxygen atoms in total. The number of amides is 1. The summed E-state index contributed by atoms with van der Waals surface area (Å²) in [7, 11) is 0. The van der Waals surface area contributed by atoms with Gasteiger partial charge in [0, 0.05) is 25.4 Å². The van der Waals surface area contributed by atoms with E-state index in [-0.39, 0.29) is 18.1 Å². The lowest BCUT2D eigenvalue weighted by molar-refractivity contribution is 0.0941. The number of hydrogen-bond acceptors (Lipinski definition) is 7. The Kier molecular flexibility index (Phi) is 4.16. The molecule has 0 radical (unpaired) electrons. The van der Waals surface area contributed by atoms with Crippen molar-refractivity contribution in [2.24, 2.45) is 0 Å². The zero-order valence-corrected chi connectivity index (χ0v) is 13.5. The van der Waals surface area contributed by atoms with E-state index < -0.39 is 0 Å². The molecule has 0 spiro atoms. The number of rotatable bonds is 5. The van der Waals surface area contributed by atoms with E-state index >= 15 is 0 Å². The van der Waals surface area contributed by atoms with Crippen LogP contribution in [0.3, 0.4) is 0 Å². The molecule has 1 aliphatic heterocycles. The predicted molar refractivity (Wildman–Crippen MR) is 88.9 cm³/mol. The second-order valence-corrected chi connectivity index (χ2v) is 5.76. The van der Waals surface area contributed by atoms with Crippen molar-refractivity contribution in [2.75, 3.05) is 18.0 Å². The largest absolute Gasteiger partial charge is 0.461 e. The van der Waals surface area contributed by atoms with E-state index in [0.717, 1.165) is 18.9 Å². The van der Waals surface area contributed by atoms with E-state index in [0.29, 0.717) is 17.3 Å². The van der Waals surface area contributed by atoms with Crippen LogP contribution in [0.2, 0.25) is 0 Å². The maximum atomic E-state index is 12.2. The molecule has 3 aromatic rings. The third kappa shape index (κ3) is 3.37. The van der Waals surface area contributed by atoms with Gasteiger partial charge in [0.25, 0.3) is 5.91 Å². The van der Waals surface area contributed by atoms with Gasteiger partial charge in [-0.1, -0.05) is 5.16 Å². The number of aromatic nitrogens is 3. The first kappa shape index (κ1) is 15.4. The second-order valence-electron chi connectivity index (χ2n) is 5.76. The number of nitrogens with zero attached hydrogens (tertiary/aromatic N) is 4. The summed E-state index contributed by atoms with van der Waals surface area (Å²) in [6.45, 7) is 2.25. The van der Waals surface area contributed by atoms with Crippen LogP contribution in [0.4, 0.5) is 5.82 Å². The molecule has 0 aromatic carbocycles. The number of furan rings is 1. The molecular weight excluding hydrogens is 322 g/mol. The predicted octanol–water partition coefficient (Wildman–Crippen LogP) is 2.25. The van der Waals surface area contributed by atoms with E-state index in [1.54, 1.807) is 18.3 Å². The van der Waals surface area contributed by atoms with Crippen molar-refractivity contribution in [3.05, 3.63) is 48.2 Å². The summed E-state index contributed by atoms with van der Waals surface area (Å²) in [5, 5.41) is 6.52. The van der Waals surface area contributed by atoms with Crippen LogP contribution >= 0.6 is 0 Å². The fourth-order valence-electron chi connectivity index (χ4n) is 2.76. The average Bonchev–Trinajstić information content (AvgIpc) is 3.41. The van der Waals surface area contributed by atoms with E-state index in [1.807, 2.05) is 6.07 Å². The monoisotopic (exact) mass is 339 g/mol. The molecule has 128 valence electrons. The molecule has 1 fully saturated rings. The molecule has 1 saturated heterocycles. The van der Waals surface area contributed by atoms with Crippen LogP contribution < -0.4 is 10.2 Å². The Morgan fingerprint density at radius 2 is 2.12 bits per heavy atom. The highest BCUT2D eigenvalue weighted by Gasteiger charge is 2.16. The average molecular weight is 339 g/mol. The zero-order chi connectivity index (χ0) is 17.1. The molecule has 4 heterocycles. The highest BCUT2D eigenvalue weighted by Crippen LogP contribution is 2.20. The van der Waals surface area contributed by atoms with Crippen molar-refractivity contribution in [1.29, 1.82) is 0 Å². The Labute approximate surface area is 143 Å². The van der Waals surface area contributed by atoms with Gasteiger partial charge in [-0.15, -0.1) is 0 Å². The number of carbonyl (C=O) groups is 1. The van der Waals surface area contributed by atoms with Crippen LogP contribution in [0.15, 0.2) is 45.7 Å². The Morgan fingerprint density at radius 3 is 2.92 bits per heavy atom. The van der Waals surface area contributed by atoms with E-state index in [2.05, 4.69) is 25.3 Å². The minimum absolute atomic E-state index is 0.182. The van der Waals surface area contributed by atoms with Gasteiger partial charge in [0.1, 0.15) is 11.6 Å². The van der Waals surface area contributed by atoms with Crippen LogP contribution in [0.5, 0.6) is 0 Å². The van der Waals surface area contributed by atoms with Crippen LogP contribution in [0.25, 0.3) is 11.5 Å². The minimum atomic E-state index is -0.350. The number of anilines is 1. The van der Waals surface area contributed by atoms with Crippen molar-refractivity contribution in [2.45, 2.75) is 19.4 Å². The minimum Gasteiger partial charge on any atom is -0.461 e. The van der Waals surface area contributed by atoms with Gasteiger partial charge in [-0.05, 0) is 31.0 Å². The fourth-order valence-corrected chi connectivity index (χ4v) is 2.76. The maximum absolute atomic E-state index is 12.2. The van der Waals surface area contributed by atoms with Gasteiger partial charge in [-0.2, -0.15) is 0 Å². The molecule has 3 aromatic heterocycles. The summed E-state index contributed by atoms with van der Waals surface area (Å²) in [5.74, 6) is 2.04. The molecule has 8 heteroatoms. The first-order valence-electron chi connectivity index (χ1n) is 8.15. The van der Waals surface area contributed by atoms with Gasteiger partial charge in [-0.25, -0.2) is 9.97 Å². The number of hydrogen-bond donors (Lipinski definition) is 1. The summed E-state index contributed by atoms with van der Waals surface area (Å²) >= 11 is 0. The van der Waals surface area contributed by atoms with Gasteiger partial charge in [0.2, 0.25) is 5.76 Å². The zero-order valence-electron chi connectivity index (χ0n) is 13.5. The van der Waals surface area contributed by atoms with Crippen molar-refractivity contribution >= 4 is 11.7 Å². The lowest BCUT2D eigenvalue weighted by Gasteiger charge is -2.16. The van der Waals surface area contributed by atoms with Gasteiger partial charge >= 0.3 is 0 Å². The molecule has 0 atom stereocenters. The lowest BCUT2D eigenvalue weighted by atomic mass is 10.3. The Morgan fingerprint density at radius 1 is 1.24 bits per heavy atom.